The molecule has 0 spiro atoms. The van der Waals surface area contributed by atoms with Gasteiger partial charge in [0.15, 0.2) is 6.61 Å². The van der Waals surface area contributed by atoms with Crippen molar-refractivity contribution >= 4 is 27.7 Å². The number of aryl methyl sites for hydroxylation is 1. The molecule has 1 aromatic heterocycles. The maximum absolute atomic E-state index is 13.2. The fourth-order valence-electron chi connectivity index (χ4n) is 7.02. The molecule has 1 aromatic carbocycles. The molecule has 0 amide bonds. The fraction of sp³-hybridized carbons (Fsp3) is 0.538. The summed E-state index contributed by atoms with van der Waals surface area (Å²) in [5.74, 6) is 0.411. The van der Waals surface area contributed by atoms with Crippen molar-refractivity contribution in [3.05, 3.63) is 52.8 Å². The van der Waals surface area contributed by atoms with Crippen molar-refractivity contribution in [2.24, 2.45) is 17.3 Å². The molecule has 0 unspecified atom stereocenters. The Morgan fingerprint density at radius 2 is 1.79 bits per heavy atom. The van der Waals surface area contributed by atoms with Gasteiger partial charge in [-0.15, -0.1) is 0 Å². The number of Topliss-reactive ketones (excluding diaryl/α,β-unsaturated/α-hetero) is 1. The Balaban J connectivity index is 1.32. The number of ketones is 1. The lowest BCUT2D eigenvalue weighted by Crippen LogP contribution is -2.56. The predicted molar refractivity (Wildman–Crippen MR) is 124 cm³/mol. The summed E-state index contributed by atoms with van der Waals surface area (Å²) in [4.78, 5) is 26.2. The lowest BCUT2D eigenvalue weighted by Gasteiger charge is -2.58. The summed E-state index contributed by atoms with van der Waals surface area (Å²) in [5, 5.41) is 0. The van der Waals surface area contributed by atoms with Crippen LogP contribution in [0.25, 0.3) is 5.69 Å². The molecule has 0 radical (unpaired) electrons. The number of carbonyl (C=O) groups is 2. The zero-order valence-electron chi connectivity index (χ0n) is 19.2. The maximum atomic E-state index is 13.2. The van der Waals surface area contributed by atoms with E-state index in [2.05, 4.69) is 15.9 Å². The molecule has 4 bridgehead atoms. The molecular formula is C26H27BrF3NO3. The van der Waals surface area contributed by atoms with Crippen molar-refractivity contribution in [2.45, 2.75) is 62.9 Å². The van der Waals surface area contributed by atoms with E-state index in [1.54, 1.807) is 30.5 Å². The predicted octanol–water partition coefficient (Wildman–Crippen LogP) is 6.57. The number of nitrogens with zero attached hydrogens (tertiary/aromatic N) is 1. The van der Waals surface area contributed by atoms with Crippen LogP contribution in [0.15, 0.2) is 30.3 Å². The summed E-state index contributed by atoms with van der Waals surface area (Å²) in [5.41, 5.74) is 0.575. The number of carbonyl (C=O) groups excluding carboxylic acids is 2. The molecular weight excluding hydrogens is 511 g/mol. The standard InChI is InChI=1S/C26H27BrF3NO3/c1-15-6-21(16(2)31(15)20-5-3-4-19(8-20)26(28,29)30)22(32)13-34-23(33)24-9-17-7-18(10-24)12-25(27,11-17)14-24/h3-6,8,17-18H,7,9-14H2,1-2H3/t17-,18-,24?,25?/m1/s1. The van der Waals surface area contributed by atoms with Crippen LogP contribution in [0.1, 0.15) is 65.8 Å². The minimum absolute atomic E-state index is 0.00990. The van der Waals surface area contributed by atoms with Gasteiger partial charge < -0.3 is 9.30 Å². The van der Waals surface area contributed by atoms with Crippen LogP contribution in [0.2, 0.25) is 0 Å². The second-order valence-electron chi connectivity index (χ2n) is 10.6. The van der Waals surface area contributed by atoms with Gasteiger partial charge in [0, 0.05) is 27.0 Å². The van der Waals surface area contributed by atoms with Crippen LogP contribution < -0.4 is 0 Å². The quantitative estimate of drug-likeness (QED) is 0.246. The van der Waals surface area contributed by atoms with Crippen molar-refractivity contribution < 1.29 is 27.5 Å². The van der Waals surface area contributed by atoms with Gasteiger partial charge in [0.1, 0.15) is 0 Å². The Morgan fingerprint density at radius 1 is 1.12 bits per heavy atom. The molecule has 4 saturated carbocycles. The second-order valence-corrected chi connectivity index (χ2v) is 12.2. The number of ether oxygens (including phenoxy) is 1. The lowest BCUT2D eigenvalue weighted by atomic mass is 9.49. The minimum Gasteiger partial charge on any atom is -0.457 e. The number of aromatic nitrogens is 1. The van der Waals surface area contributed by atoms with Crippen molar-refractivity contribution in [3.8, 4) is 5.69 Å². The van der Waals surface area contributed by atoms with Crippen molar-refractivity contribution in [3.63, 3.8) is 0 Å². The summed E-state index contributed by atoms with van der Waals surface area (Å²) in [7, 11) is 0. The average Bonchev–Trinajstić information content (AvgIpc) is 3.03. The minimum atomic E-state index is -4.46. The molecule has 6 rings (SSSR count). The van der Waals surface area contributed by atoms with Gasteiger partial charge in [-0.25, -0.2) is 0 Å². The Bertz CT molecular complexity index is 1150. The highest BCUT2D eigenvalue weighted by molar-refractivity contribution is 9.10. The Morgan fingerprint density at radius 3 is 2.41 bits per heavy atom. The first-order valence-corrected chi connectivity index (χ1v) is 12.4. The third-order valence-corrected chi connectivity index (χ3v) is 8.85. The van der Waals surface area contributed by atoms with Crippen LogP contribution in [0.4, 0.5) is 13.2 Å². The fourth-order valence-corrected chi connectivity index (χ4v) is 8.47. The SMILES string of the molecule is Cc1cc(C(=O)COC(=O)C23C[C@H]4C[C@@H](CC(Br)(C4)C2)C3)c(C)n1-c1cccc(C(F)(F)F)c1. The molecule has 0 aliphatic heterocycles. The number of rotatable bonds is 5. The largest absolute Gasteiger partial charge is 0.457 e. The van der Waals surface area contributed by atoms with Gasteiger partial charge in [0.2, 0.25) is 5.78 Å². The third kappa shape index (κ3) is 4.01. The van der Waals surface area contributed by atoms with Crippen LogP contribution in [0.3, 0.4) is 0 Å². The summed E-state index contributed by atoms with van der Waals surface area (Å²) in [6, 6.07) is 6.65. The van der Waals surface area contributed by atoms with Crippen LogP contribution in [-0.4, -0.2) is 27.3 Å². The van der Waals surface area contributed by atoms with Gasteiger partial charge in [-0.05, 0) is 88.5 Å². The molecule has 34 heavy (non-hydrogen) atoms. The molecule has 4 aliphatic rings. The maximum Gasteiger partial charge on any atom is 0.416 e. The highest BCUT2D eigenvalue weighted by Crippen LogP contribution is 2.64. The smallest absolute Gasteiger partial charge is 0.416 e. The van der Waals surface area contributed by atoms with Crippen molar-refractivity contribution in [1.82, 2.24) is 4.57 Å². The number of alkyl halides is 4. The molecule has 4 nitrogen and oxygen atoms in total. The number of esters is 1. The van der Waals surface area contributed by atoms with Gasteiger partial charge in [0.05, 0.1) is 11.0 Å². The van der Waals surface area contributed by atoms with Gasteiger partial charge >= 0.3 is 12.1 Å². The van der Waals surface area contributed by atoms with E-state index in [9.17, 15) is 22.8 Å². The third-order valence-electron chi connectivity index (χ3n) is 7.92. The summed E-state index contributed by atoms with van der Waals surface area (Å²) in [6.45, 7) is 3.06. The average molecular weight is 538 g/mol. The van der Waals surface area contributed by atoms with Crippen LogP contribution in [0.5, 0.6) is 0 Å². The number of hydrogen-bond donors (Lipinski definition) is 0. The highest BCUT2D eigenvalue weighted by atomic mass is 79.9. The zero-order chi connectivity index (χ0) is 24.5. The number of halogens is 4. The van der Waals surface area contributed by atoms with Gasteiger partial charge in [-0.1, -0.05) is 22.0 Å². The van der Waals surface area contributed by atoms with E-state index in [4.69, 9.17) is 4.74 Å². The van der Waals surface area contributed by atoms with Crippen LogP contribution >= 0.6 is 15.9 Å². The van der Waals surface area contributed by atoms with Crippen molar-refractivity contribution in [1.29, 1.82) is 0 Å². The number of hydrogen-bond acceptors (Lipinski definition) is 3. The van der Waals surface area contributed by atoms with Crippen LogP contribution in [0, 0.1) is 31.1 Å². The summed E-state index contributed by atoms with van der Waals surface area (Å²) in [6.07, 6.45) is 1.32. The Labute approximate surface area is 205 Å². The topological polar surface area (TPSA) is 48.3 Å². The van der Waals surface area contributed by atoms with Gasteiger partial charge in [-0.2, -0.15) is 13.2 Å². The monoisotopic (exact) mass is 537 g/mol. The van der Waals surface area contributed by atoms with Crippen LogP contribution in [-0.2, 0) is 15.7 Å². The molecule has 4 fully saturated rings. The molecule has 8 heteroatoms. The molecule has 182 valence electrons. The lowest BCUT2D eigenvalue weighted by molar-refractivity contribution is -0.168. The van der Waals surface area contributed by atoms with E-state index >= 15 is 0 Å². The van der Waals surface area contributed by atoms with E-state index in [0.717, 1.165) is 44.2 Å². The van der Waals surface area contributed by atoms with E-state index in [1.165, 1.54) is 12.5 Å². The Kier molecular flexibility index (Phi) is 5.54. The first-order valence-electron chi connectivity index (χ1n) is 11.7. The first kappa shape index (κ1) is 23.6. The molecule has 0 N–H and O–H groups in total. The summed E-state index contributed by atoms with van der Waals surface area (Å²) >= 11 is 3.89. The second kappa shape index (κ2) is 7.97. The van der Waals surface area contributed by atoms with E-state index in [1.807, 2.05) is 0 Å². The first-order chi connectivity index (χ1) is 15.9. The molecule has 2 aromatic rings. The summed E-state index contributed by atoms with van der Waals surface area (Å²) < 4.78 is 46.7. The van der Waals surface area contributed by atoms with E-state index in [0.29, 0.717) is 34.5 Å². The highest BCUT2D eigenvalue weighted by Gasteiger charge is 2.60. The molecule has 0 saturated heterocycles. The van der Waals surface area contributed by atoms with Gasteiger partial charge in [-0.3, -0.25) is 9.59 Å². The normalized spacial score (nSPS) is 29.9. The molecule has 1 heterocycles. The van der Waals surface area contributed by atoms with Crippen molar-refractivity contribution in [2.75, 3.05) is 6.61 Å². The molecule has 4 aliphatic carbocycles. The van der Waals surface area contributed by atoms with Gasteiger partial charge in [0.25, 0.3) is 0 Å². The van der Waals surface area contributed by atoms with E-state index in [-0.39, 0.29) is 22.7 Å². The Hall–Kier alpha value is -2.09. The van der Waals surface area contributed by atoms with E-state index < -0.39 is 17.2 Å². The zero-order valence-corrected chi connectivity index (χ0v) is 20.8. The number of benzene rings is 1. The molecule has 2 atom stereocenters.